The van der Waals surface area contributed by atoms with Gasteiger partial charge in [0.2, 0.25) is 0 Å². The molecule has 0 saturated carbocycles. The first-order valence-corrected chi connectivity index (χ1v) is 46.7. The summed E-state index contributed by atoms with van der Waals surface area (Å²) in [5, 5.41) is 10.7. The fourth-order valence-corrected chi connectivity index (χ4v) is 14.7. The van der Waals surface area contributed by atoms with Crippen molar-refractivity contribution in [2.24, 2.45) is 5.92 Å². The number of aliphatic hydroxyl groups is 1. The van der Waals surface area contributed by atoms with Gasteiger partial charge >= 0.3 is 39.5 Å². The quantitative estimate of drug-likeness (QED) is 0.0222. The molecule has 0 aromatic rings. The van der Waals surface area contributed by atoms with Crippen LogP contribution in [0.4, 0.5) is 0 Å². The van der Waals surface area contributed by atoms with E-state index in [4.69, 9.17) is 37.0 Å². The molecule has 103 heavy (non-hydrogen) atoms. The summed E-state index contributed by atoms with van der Waals surface area (Å²) >= 11 is 0. The van der Waals surface area contributed by atoms with Gasteiger partial charge in [-0.25, -0.2) is 9.13 Å². The van der Waals surface area contributed by atoms with Crippen molar-refractivity contribution in [3.05, 3.63) is 0 Å². The van der Waals surface area contributed by atoms with Gasteiger partial charge in [0.1, 0.15) is 19.3 Å². The molecule has 0 aromatic heterocycles. The molecule has 17 nitrogen and oxygen atoms in total. The number of carbonyl (C=O) groups is 4. The summed E-state index contributed by atoms with van der Waals surface area (Å²) in [6.45, 7) is 7.31. The van der Waals surface area contributed by atoms with E-state index in [1.165, 1.54) is 270 Å². The fraction of sp³-hybridized carbons (Fsp3) is 0.952. The first kappa shape index (κ1) is 101. The van der Waals surface area contributed by atoms with Crippen LogP contribution >= 0.6 is 15.6 Å². The van der Waals surface area contributed by atoms with Crippen molar-refractivity contribution in [1.82, 2.24) is 0 Å². The average Bonchev–Trinajstić information content (AvgIpc) is 0.925. The van der Waals surface area contributed by atoms with Crippen molar-refractivity contribution < 1.29 is 80.2 Å². The molecule has 3 N–H and O–H groups in total. The van der Waals surface area contributed by atoms with Gasteiger partial charge in [-0.3, -0.25) is 37.3 Å². The molecule has 0 rings (SSSR count). The van der Waals surface area contributed by atoms with Crippen LogP contribution in [-0.2, 0) is 65.4 Å². The summed E-state index contributed by atoms with van der Waals surface area (Å²) in [6, 6.07) is 0. The average molecular weight is 1510 g/mol. The van der Waals surface area contributed by atoms with Crippen LogP contribution in [0.25, 0.3) is 0 Å². The monoisotopic (exact) mass is 1510 g/mol. The molecule has 0 saturated heterocycles. The Kier molecular flexibility index (Phi) is 75.4. The Morgan fingerprint density at radius 1 is 0.272 bits per heavy atom. The number of phosphoric acid groups is 2. The van der Waals surface area contributed by atoms with Crippen LogP contribution in [0.5, 0.6) is 0 Å². The van der Waals surface area contributed by atoms with Gasteiger partial charge in [-0.15, -0.1) is 0 Å². The number of aliphatic hydroxyl groups excluding tert-OH is 1. The van der Waals surface area contributed by atoms with E-state index in [1.54, 1.807) is 0 Å². The summed E-state index contributed by atoms with van der Waals surface area (Å²) in [5.74, 6) is -1.37. The summed E-state index contributed by atoms with van der Waals surface area (Å²) in [7, 11) is -9.92. The van der Waals surface area contributed by atoms with Crippen molar-refractivity contribution >= 4 is 39.5 Å². The number of ether oxygens (including phenoxy) is 4. The summed E-state index contributed by atoms with van der Waals surface area (Å²) in [5.41, 5.74) is 0. The molecule has 0 aliphatic carbocycles. The number of rotatable bonds is 84. The first-order chi connectivity index (χ1) is 50.1. The van der Waals surface area contributed by atoms with E-state index in [-0.39, 0.29) is 25.7 Å². The van der Waals surface area contributed by atoms with E-state index in [1.807, 2.05) is 0 Å². The number of unbranched alkanes of at least 4 members (excludes halogenated alkanes) is 55. The molecule has 0 amide bonds. The Morgan fingerprint density at radius 3 is 0.689 bits per heavy atom. The van der Waals surface area contributed by atoms with Crippen molar-refractivity contribution in [2.75, 3.05) is 39.6 Å². The maximum atomic E-state index is 13.1. The Morgan fingerprint density at radius 2 is 0.466 bits per heavy atom. The van der Waals surface area contributed by atoms with Crippen LogP contribution in [0.2, 0.25) is 0 Å². The van der Waals surface area contributed by atoms with Crippen LogP contribution in [0.3, 0.4) is 0 Å². The van der Waals surface area contributed by atoms with Gasteiger partial charge in [0.15, 0.2) is 12.2 Å². The first-order valence-electron chi connectivity index (χ1n) is 43.7. The van der Waals surface area contributed by atoms with Gasteiger partial charge in [-0.05, 0) is 31.6 Å². The van der Waals surface area contributed by atoms with Crippen molar-refractivity contribution in [1.29, 1.82) is 0 Å². The maximum absolute atomic E-state index is 13.1. The summed E-state index contributed by atoms with van der Waals surface area (Å²) in [4.78, 5) is 73.1. The van der Waals surface area contributed by atoms with Crippen LogP contribution in [-0.4, -0.2) is 96.7 Å². The molecule has 6 atom stereocenters. The van der Waals surface area contributed by atoms with Gasteiger partial charge in [0.25, 0.3) is 0 Å². The van der Waals surface area contributed by atoms with Crippen LogP contribution in [0.15, 0.2) is 0 Å². The Balaban J connectivity index is 5.22. The van der Waals surface area contributed by atoms with Gasteiger partial charge in [0.05, 0.1) is 26.4 Å². The minimum atomic E-state index is -4.96. The molecule has 0 aromatic carbocycles. The second-order valence-electron chi connectivity index (χ2n) is 30.5. The molecular formula is C84H164O17P2. The largest absolute Gasteiger partial charge is 0.472 e. The highest BCUT2D eigenvalue weighted by Crippen LogP contribution is 2.45. The highest BCUT2D eigenvalue weighted by molar-refractivity contribution is 7.47. The fourth-order valence-electron chi connectivity index (χ4n) is 13.1. The SMILES string of the molecule is CCCCCCCCCCCCCCCCCCCCCCCC(=O)O[C@H](COC(=O)CCCCCCCCCCCCCCCCCCC)COP(=O)(O)OC[C@@H](O)COP(=O)(O)OC[C@@H](COC(=O)CCCCCCCCC(C)CC)OC(=O)CCCCCCCCCCCCCCCCC. The van der Waals surface area contributed by atoms with E-state index in [9.17, 15) is 43.2 Å². The lowest BCUT2D eigenvalue weighted by molar-refractivity contribution is -0.161. The number of carbonyl (C=O) groups excluding carboxylic acids is 4. The molecule has 0 spiro atoms. The molecule has 19 heteroatoms. The maximum Gasteiger partial charge on any atom is 0.472 e. The molecular weight excluding hydrogens is 1340 g/mol. The zero-order valence-electron chi connectivity index (χ0n) is 67.5. The number of hydrogen-bond donors (Lipinski definition) is 3. The van der Waals surface area contributed by atoms with Crippen molar-refractivity contribution in [3.63, 3.8) is 0 Å². The van der Waals surface area contributed by atoms with Crippen molar-refractivity contribution in [3.8, 4) is 0 Å². The van der Waals surface area contributed by atoms with Gasteiger partial charge in [0, 0.05) is 25.7 Å². The lowest BCUT2D eigenvalue weighted by Crippen LogP contribution is -2.30. The predicted molar refractivity (Wildman–Crippen MR) is 423 cm³/mol. The number of phosphoric ester groups is 2. The smallest absolute Gasteiger partial charge is 0.462 e. The normalized spacial score (nSPS) is 14.1. The van der Waals surface area contributed by atoms with Crippen molar-refractivity contribution in [2.45, 2.75) is 470 Å². The Hall–Kier alpha value is -1.94. The zero-order chi connectivity index (χ0) is 75.5. The molecule has 0 aliphatic heterocycles. The van der Waals surface area contributed by atoms with Gasteiger partial charge in [-0.2, -0.15) is 0 Å². The summed E-state index contributed by atoms with van der Waals surface area (Å²) in [6.07, 6.45) is 69.5. The third-order valence-corrected chi connectivity index (χ3v) is 22.0. The molecule has 3 unspecified atom stereocenters. The zero-order valence-corrected chi connectivity index (χ0v) is 69.3. The van der Waals surface area contributed by atoms with Crippen LogP contribution in [0, 0.1) is 5.92 Å². The third kappa shape index (κ3) is 76.6. The predicted octanol–water partition coefficient (Wildman–Crippen LogP) is 25.6. The Labute approximate surface area is 632 Å². The molecule has 612 valence electrons. The molecule has 0 radical (unpaired) electrons. The summed E-state index contributed by atoms with van der Waals surface area (Å²) < 4.78 is 68.8. The topological polar surface area (TPSA) is 237 Å². The van der Waals surface area contributed by atoms with E-state index >= 15 is 0 Å². The number of hydrogen-bond acceptors (Lipinski definition) is 15. The molecule has 0 bridgehead atoms. The van der Waals surface area contributed by atoms with Crippen LogP contribution < -0.4 is 0 Å². The van der Waals surface area contributed by atoms with E-state index in [0.29, 0.717) is 25.7 Å². The molecule has 0 aliphatic rings. The second kappa shape index (κ2) is 76.8. The highest BCUT2D eigenvalue weighted by atomic mass is 31.2. The molecule has 0 fully saturated rings. The minimum absolute atomic E-state index is 0.108. The van der Waals surface area contributed by atoms with Crippen LogP contribution in [0.1, 0.15) is 452 Å². The Bertz CT molecular complexity index is 1960. The lowest BCUT2D eigenvalue weighted by Gasteiger charge is -2.21. The second-order valence-corrected chi connectivity index (χ2v) is 33.4. The number of esters is 4. The highest BCUT2D eigenvalue weighted by Gasteiger charge is 2.30. The molecule has 0 heterocycles. The van der Waals surface area contributed by atoms with E-state index in [0.717, 1.165) is 102 Å². The van der Waals surface area contributed by atoms with Gasteiger partial charge < -0.3 is 33.8 Å². The van der Waals surface area contributed by atoms with E-state index < -0.39 is 97.5 Å². The third-order valence-electron chi connectivity index (χ3n) is 20.1. The lowest BCUT2D eigenvalue weighted by atomic mass is 10.00. The standard InChI is InChI=1S/C84H164O17P2/c1-6-10-13-16-19-22-25-28-31-33-34-35-36-38-41-44-47-50-53-60-65-69-83(88)100-79(73-94-81(86)67-62-57-51-48-45-42-40-37-32-29-26-23-20-17-14-11-7-2)75-98-102(90,91)96-71-78(85)72-97-103(92,93)99-76-80(74-95-82(87)68-63-58-55-54-56-61-66-77(5)9-4)101-84(89)70-64-59-52-49-46-43-39-30-27-24-21-18-15-12-8-3/h77-80,85H,6-76H2,1-5H3,(H,90,91)(H,92,93)/t77?,78-,79-,80-/m1/s1. The van der Waals surface area contributed by atoms with Gasteiger partial charge in [-0.1, -0.05) is 401 Å². The van der Waals surface area contributed by atoms with E-state index in [2.05, 4.69) is 34.6 Å². The minimum Gasteiger partial charge on any atom is -0.462 e.